The summed E-state index contributed by atoms with van der Waals surface area (Å²) in [5.41, 5.74) is 1.14. The predicted octanol–water partition coefficient (Wildman–Crippen LogP) is 2.59. The quantitative estimate of drug-likeness (QED) is 0.742. The highest BCUT2D eigenvalue weighted by Gasteiger charge is 2.35. The van der Waals surface area contributed by atoms with E-state index in [0.717, 1.165) is 5.56 Å². The van der Waals surface area contributed by atoms with Crippen molar-refractivity contribution in [3.63, 3.8) is 0 Å². The summed E-state index contributed by atoms with van der Waals surface area (Å²) in [5.74, 6) is 0. The average Bonchev–Trinajstić information content (AvgIpc) is 2.61. The number of hydrogen-bond acceptors (Lipinski definition) is 2. The highest BCUT2D eigenvalue weighted by Crippen LogP contribution is 2.29. The van der Waals surface area contributed by atoms with Crippen LogP contribution in [0.2, 0.25) is 0 Å². The number of carbonyl (C=O) groups is 1. The zero-order valence-electron chi connectivity index (χ0n) is 9.01. The lowest BCUT2D eigenvalue weighted by atomic mass is 10.1. The SMILES string of the molecule is CC(C)N1C(=O)OC[C@@H]1c1ccccc1. The van der Waals surface area contributed by atoms with E-state index in [-0.39, 0.29) is 18.2 Å². The van der Waals surface area contributed by atoms with Gasteiger partial charge < -0.3 is 4.74 Å². The molecular formula is C12H15NO2. The number of carbonyl (C=O) groups excluding carboxylic acids is 1. The monoisotopic (exact) mass is 205 g/mol. The Morgan fingerprint density at radius 1 is 1.33 bits per heavy atom. The summed E-state index contributed by atoms with van der Waals surface area (Å²) in [5, 5.41) is 0. The van der Waals surface area contributed by atoms with Crippen LogP contribution < -0.4 is 0 Å². The fraction of sp³-hybridized carbons (Fsp3) is 0.417. The molecule has 15 heavy (non-hydrogen) atoms. The largest absolute Gasteiger partial charge is 0.447 e. The molecule has 1 heterocycles. The molecule has 1 aromatic rings. The standard InChI is InChI=1S/C12H15NO2/c1-9(2)13-11(8-15-12(13)14)10-6-4-3-5-7-10/h3-7,9,11H,8H2,1-2H3/t11-/m1/s1. The molecule has 0 N–H and O–H groups in total. The van der Waals surface area contributed by atoms with Crippen molar-refractivity contribution >= 4 is 6.09 Å². The molecule has 1 amide bonds. The molecule has 0 aliphatic carbocycles. The lowest BCUT2D eigenvalue weighted by Gasteiger charge is -2.25. The number of rotatable bonds is 2. The molecule has 0 spiro atoms. The summed E-state index contributed by atoms with van der Waals surface area (Å²) in [7, 11) is 0. The number of amides is 1. The normalized spacial score (nSPS) is 20.9. The van der Waals surface area contributed by atoms with Crippen LogP contribution in [0.3, 0.4) is 0 Å². The zero-order valence-corrected chi connectivity index (χ0v) is 9.01. The number of nitrogens with zero attached hydrogens (tertiary/aromatic N) is 1. The highest BCUT2D eigenvalue weighted by molar-refractivity contribution is 5.70. The van der Waals surface area contributed by atoms with Gasteiger partial charge in [0.1, 0.15) is 6.61 Å². The Morgan fingerprint density at radius 2 is 2.00 bits per heavy atom. The second-order valence-corrected chi connectivity index (χ2v) is 4.00. The van der Waals surface area contributed by atoms with Gasteiger partial charge in [0.2, 0.25) is 0 Å². The van der Waals surface area contributed by atoms with Crippen molar-refractivity contribution in [3.8, 4) is 0 Å². The number of hydrogen-bond donors (Lipinski definition) is 0. The molecule has 0 radical (unpaired) electrons. The molecule has 0 bridgehead atoms. The Kier molecular flexibility index (Phi) is 2.62. The highest BCUT2D eigenvalue weighted by atomic mass is 16.6. The van der Waals surface area contributed by atoms with E-state index in [0.29, 0.717) is 6.61 Å². The van der Waals surface area contributed by atoms with Crippen molar-refractivity contribution in [2.75, 3.05) is 6.61 Å². The first kappa shape index (κ1) is 10.0. The first-order chi connectivity index (χ1) is 7.20. The summed E-state index contributed by atoms with van der Waals surface area (Å²) in [6.07, 6.45) is -0.209. The Bertz CT molecular complexity index is 348. The maximum atomic E-state index is 11.5. The lowest BCUT2D eigenvalue weighted by Crippen LogP contribution is -2.33. The minimum Gasteiger partial charge on any atom is -0.447 e. The van der Waals surface area contributed by atoms with Gasteiger partial charge in [-0.05, 0) is 19.4 Å². The van der Waals surface area contributed by atoms with Crippen LogP contribution in [0.1, 0.15) is 25.5 Å². The third kappa shape index (κ3) is 1.82. The van der Waals surface area contributed by atoms with E-state index in [4.69, 9.17) is 4.74 Å². The van der Waals surface area contributed by atoms with Crippen LogP contribution in [0.4, 0.5) is 4.79 Å². The van der Waals surface area contributed by atoms with Gasteiger partial charge in [0.05, 0.1) is 6.04 Å². The Labute approximate surface area is 89.7 Å². The van der Waals surface area contributed by atoms with Crippen LogP contribution in [0.15, 0.2) is 30.3 Å². The number of benzene rings is 1. The molecule has 3 nitrogen and oxygen atoms in total. The molecule has 1 saturated heterocycles. The fourth-order valence-electron chi connectivity index (χ4n) is 1.94. The van der Waals surface area contributed by atoms with Gasteiger partial charge in [-0.1, -0.05) is 30.3 Å². The molecule has 1 fully saturated rings. The topological polar surface area (TPSA) is 29.5 Å². The van der Waals surface area contributed by atoms with Crippen molar-refractivity contribution < 1.29 is 9.53 Å². The van der Waals surface area contributed by atoms with Crippen molar-refractivity contribution in [3.05, 3.63) is 35.9 Å². The molecule has 1 aliphatic rings. The van der Waals surface area contributed by atoms with Crippen LogP contribution in [0, 0.1) is 0 Å². The van der Waals surface area contributed by atoms with Gasteiger partial charge in [-0.15, -0.1) is 0 Å². The maximum absolute atomic E-state index is 11.5. The molecular weight excluding hydrogens is 190 g/mol. The second kappa shape index (κ2) is 3.93. The Hall–Kier alpha value is -1.51. The van der Waals surface area contributed by atoms with Crippen LogP contribution in [-0.4, -0.2) is 23.6 Å². The van der Waals surface area contributed by atoms with Crippen LogP contribution in [0.5, 0.6) is 0 Å². The third-order valence-corrected chi connectivity index (χ3v) is 2.65. The van der Waals surface area contributed by atoms with E-state index >= 15 is 0 Å². The van der Waals surface area contributed by atoms with Crippen molar-refractivity contribution in [1.29, 1.82) is 0 Å². The van der Waals surface area contributed by atoms with E-state index in [2.05, 4.69) is 0 Å². The fourth-order valence-corrected chi connectivity index (χ4v) is 1.94. The third-order valence-electron chi connectivity index (χ3n) is 2.65. The smallest absolute Gasteiger partial charge is 0.410 e. The van der Waals surface area contributed by atoms with E-state index in [9.17, 15) is 4.79 Å². The number of cyclic esters (lactones) is 1. The van der Waals surface area contributed by atoms with E-state index in [1.165, 1.54) is 0 Å². The van der Waals surface area contributed by atoms with Gasteiger partial charge in [-0.25, -0.2) is 4.79 Å². The first-order valence-electron chi connectivity index (χ1n) is 5.20. The summed E-state index contributed by atoms with van der Waals surface area (Å²) in [4.78, 5) is 13.3. The molecule has 1 aliphatic heterocycles. The molecule has 1 atom stereocenters. The van der Waals surface area contributed by atoms with Gasteiger partial charge in [-0.3, -0.25) is 4.90 Å². The molecule has 80 valence electrons. The van der Waals surface area contributed by atoms with Crippen LogP contribution >= 0.6 is 0 Å². The number of ether oxygens (including phenoxy) is 1. The maximum Gasteiger partial charge on any atom is 0.410 e. The van der Waals surface area contributed by atoms with Crippen molar-refractivity contribution in [2.24, 2.45) is 0 Å². The molecule has 0 unspecified atom stereocenters. The molecule has 2 rings (SSSR count). The van der Waals surface area contributed by atoms with Gasteiger partial charge >= 0.3 is 6.09 Å². The van der Waals surface area contributed by atoms with Gasteiger partial charge in [0, 0.05) is 6.04 Å². The minimum absolute atomic E-state index is 0.0682. The van der Waals surface area contributed by atoms with Crippen LogP contribution in [0.25, 0.3) is 0 Å². The summed E-state index contributed by atoms with van der Waals surface area (Å²) >= 11 is 0. The second-order valence-electron chi connectivity index (χ2n) is 4.00. The van der Waals surface area contributed by atoms with Gasteiger partial charge in [-0.2, -0.15) is 0 Å². The molecule has 1 aromatic carbocycles. The van der Waals surface area contributed by atoms with E-state index in [1.807, 2.05) is 44.2 Å². The first-order valence-corrected chi connectivity index (χ1v) is 5.20. The predicted molar refractivity (Wildman–Crippen MR) is 57.5 cm³/mol. The lowest BCUT2D eigenvalue weighted by molar-refractivity contribution is 0.149. The summed E-state index contributed by atoms with van der Waals surface area (Å²) in [6.45, 7) is 4.46. The van der Waals surface area contributed by atoms with Gasteiger partial charge in [0.25, 0.3) is 0 Å². The Balaban J connectivity index is 2.26. The average molecular weight is 205 g/mol. The molecule has 0 aromatic heterocycles. The molecule has 3 heteroatoms. The van der Waals surface area contributed by atoms with Crippen molar-refractivity contribution in [2.45, 2.75) is 25.9 Å². The van der Waals surface area contributed by atoms with E-state index < -0.39 is 0 Å². The van der Waals surface area contributed by atoms with Crippen molar-refractivity contribution in [1.82, 2.24) is 4.90 Å². The van der Waals surface area contributed by atoms with Gasteiger partial charge in [0.15, 0.2) is 0 Å². The molecule has 0 saturated carbocycles. The minimum atomic E-state index is -0.209. The van der Waals surface area contributed by atoms with Crippen LogP contribution in [-0.2, 0) is 4.74 Å². The zero-order chi connectivity index (χ0) is 10.8. The summed E-state index contributed by atoms with van der Waals surface area (Å²) < 4.78 is 5.08. The van der Waals surface area contributed by atoms with E-state index in [1.54, 1.807) is 4.90 Å². The Morgan fingerprint density at radius 3 is 2.60 bits per heavy atom. The summed E-state index contributed by atoms with van der Waals surface area (Å²) in [6, 6.07) is 10.2.